The third-order valence-electron chi connectivity index (χ3n) is 12.8. The lowest BCUT2D eigenvalue weighted by molar-refractivity contribution is -0.162. The second-order valence-electron chi connectivity index (χ2n) is 19.8. The Morgan fingerprint density at radius 2 is 0.639 bits per heavy atom. The van der Waals surface area contributed by atoms with E-state index in [0.717, 1.165) is 109 Å². The fraction of sp³-hybridized carbons (Fsp3) is 0.701. The molecule has 0 saturated heterocycles. The second-order valence-corrected chi connectivity index (χ2v) is 19.8. The van der Waals surface area contributed by atoms with Crippen LogP contribution in [0.3, 0.4) is 0 Å². The van der Waals surface area contributed by atoms with Crippen LogP contribution < -0.4 is 0 Å². The highest BCUT2D eigenvalue weighted by molar-refractivity contribution is 5.70. The van der Waals surface area contributed by atoms with Gasteiger partial charge in [0, 0.05) is 19.4 Å². The van der Waals surface area contributed by atoms with Crippen LogP contribution in [0.1, 0.15) is 278 Å². The van der Waals surface area contributed by atoms with Crippen molar-refractivity contribution in [1.82, 2.24) is 0 Å². The number of allylic oxidation sites excluding steroid dienone is 18. The van der Waals surface area contributed by atoms with Gasteiger partial charge >= 0.3 is 11.9 Å². The highest BCUT2D eigenvalue weighted by atomic mass is 16.6. The van der Waals surface area contributed by atoms with Crippen molar-refractivity contribution in [2.75, 3.05) is 19.8 Å². The zero-order chi connectivity index (χ0) is 52.0. The molecule has 0 aromatic rings. The van der Waals surface area contributed by atoms with Crippen molar-refractivity contribution in [2.45, 2.75) is 284 Å². The molecule has 412 valence electrons. The van der Waals surface area contributed by atoms with E-state index in [1.165, 1.54) is 135 Å². The lowest BCUT2D eigenvalue weighted by Crippen LogP contribution is -2.30. The van der Waals surface area contributed by atoms with E-state index in [1.54, 1.807) is 0 Å². The lowest BCUT2D eigenvalue weighted by atomic mass is 10.0. The molecule has 0 aliphatic carbocycles. The Kier molecular flexibility index (Phi) is 58.9. The first-order valence-electron chi connectivity index (χ1n) is 30.4. The number of hydrogen-bond acceptors (Lipinski definition) is 5. The van der Waals surface area contributed by atoms with Crippen molar-refractivity contribution in [2.24, 2.45) is 0 Å². The van der Waals surface area contributed by atoms with Gasteiger partial charge in [0.25, 0.3) is 0 Å². The van der Waals surface area contributed by atoms with Crippen LogP contribution >= 0.6 is 0 Å². The molecule has 0 aromatic heterocycles. The minimum absolute atomic E-state index is 0.0515. The quantitative estimate of drug-likeness (QED) is 0.0345. The van der Waals surface area contributed by atoms with Gasteiger partial charge in [0.1, 0.15) is 6.61 Å². The molecule has 0 rings (SSSR count). The van der Waals surface area contributed by atoms with Crippen LogP contribution in [-0.4, -0.2) is 37.9 Å². The Hall–Kier alpha value is -3.44. The molecule has 0 aromatic carbocycles. The fourth-order valence-electron chi connectivity index (χ4n) is 8.36. The van der Waals surface area contributed by atoms with Crippen LogP contribution in [0.5, 0.6) is 0 Å². The van der Waals surface area contributed by atoms with E-state index in [-0.39, 0.29) is 25.2 Å². The summed E-state index contributed by atoms with van der Waals surface area (Å²) in [5, 5.41) is 0. The Morgan fingerprint density at radius 3 is 1.04 bits per heavy atom. The normalized spacial score (nSPS) is 13.0. The summed E-state index contributed by atoms with van der Waals surface area (Å²) in [4.78, 5) is 25.6. The van der Waals surface area contributed by atoms with E-state index in [2.05, 4.69) is 130 Å². The molecule has 72 heavy (non-hydrogen) atoms. The Morgan fingerprint density at radius 1 is 0.319 bits per heavy atom. The highest BCUT2D eigenvalue weighted by Gasteiger charge is 2.17. The molecule has 0 aliphatic heterocycles. The van der Waals surface area contributed by atoms with Crippen LogP contribution in [0.2, 0.25) is 0 Å². The van der Waals surface area contributed by atoms with Crippen molar-refractivity contribution in [1.29, 1.82) is 0 Å². The standard InChI is InChI=1S/C67H114O5/c1-4-7-10-13-16-19-22-25-28-31-33-35-38-41-44-47-50-53-56-59-62-70-63-65(72-67(69)61-58-55-52-49-46-43-40-36-30-27-24-21-18-15-12-9-6-3)64-71-66(68)60-57-54-51-48-45-42-39-37-34-32-29-26-23-20-17-14-11-8-5-2/h8-9,11-12,17-18,20-21,26-27,29-30,34,37,40,43,49,52,65H,4-7,10,13-16,19,22-25,28,31-33,35-36,38-39,41-42,44-48,50-51,53-64H2,1-3H3/b11-8-,12-9-,20-17-,21-18-,29-26-,30-27-,37-34-,43-40-,52-49-. The molecule has 0 bridgehead atoms. The molecule has 1 atom stereocenters. The van der Waals surface area contributed by atoms with Gasteiger partial charge in [-0.15, -0.1) is 0 Å². The monoisotopic (exact) mass is 999 g/mol. The minimum Gasteiger partial charge on any atom is -0.462 e. The predicted molar refractivity (Wildman–Crippen MR) is 316 cm³/mol. The maximum atomic E-state index is 12.9. The number of esters is 2. The van der Waals surface area contributed by atoms with Gasteiger partial charge in [-0.1, -0.05) is 278 Å². The van der Waals surface area contributed by atoms with Crippen LogP contribution in [0.4, 0.5) is 0 Å². The van der Waals surface area contributed by atoms with Gasteiger partial charge in [0.15, 0.2) is 6.10 Å². The average molecular weight is 1000 g/mol. The van der Waals surface area contributed by atoms with E-state index in [9.17, 15) is 9.59 Å². The van der Waals surface area contributed by atoms with Crippen LogP contribution in [0.15, 0.2) is 109 Å². The first-order valence-corrected chi connectivity index (χ1v) is 30.4. The summed E-state index contributed by atoms with van der Waals surface area (Å²) in [5.74, 6) is -0.476. The van der Waals surface area contributed by atoms with Crippen LogP contribution in [0.25, 0.3) is 0 Å². The third-order valence-corrected chi connectivity index (χ3v) is 12.8. The largest absolute Gasteiger partial charge is 0.462 e. The van der Waals surface area contributed by atoms with Crippen LogP contribution in [-0.2, 0) is 23.8 Å². The summed E-state index contributed by atoms with van der Waals surface area (Å²) >= 11 is 0. The molecule has 1 unspecified atom stereocenters. The summed E-state index contributed by atoms with van der Waals surface area (Å²) < 4.78 is 17.5. The van der Waals surface area contributed by atoms with E-state index >= 15 is 0 Å². The third kappa shape index (κ3) is 59.1. The summed E-state index contributed by atoms with van der Waals surface area (Å²) in [7, 11) is 0. The van der Waals surface area contributed by atoms with Crippen molar-refractivity contribution in [3.63, 3.8) is 0 Å². The lowest BCUT2D eigenvalue weighted by Gasteiger charge is -2.18. The maximum Gasteiger partial charge on any atom is 0.306 e. The number of carbonyl (C=O) groups excluding carboxylic acids is 2. The maximum absolute atomic E-state index is 12.9. The number of ether oxygens (including phenoxy) is 3. The molecule has 0 spiro atoms. The molecule has 0 heterocycles. The zero-order valence-electron chi connectivity index (χ0n) is 47.4. The first kappa shape index (κ1) is 68.6. The van der Waals surface area contributed by atoms with E-state index in [4.69, 9.17) is 14.2 Å². The molecule has 0 amide bonds. The average Bonchev–Trinajstić information content (AvgIpc) is 3.38. The number of carbonyl (C=O) groups is 2. The van der Waals surface area contributed by atoms with Crippen molar-refractivity contribution in [3.8, 4) is 0 Å². The number of unbranched alkanes of at least 4 members (excludes halogenated alkanes) is 26. The van der Waals surface area contributed by atoms with Crippen molar-refractivity contribution in [3.05, 3.63) is 109 Å². The van der Waals surface area contributed by atoms with Gasteiger partial charge < -0.3 is 14.2 Å². The molecule has 0 N–H and O–H groups in total. The Balaban J connectivity index is 4.37. The van der Waals surface area contributed by atoms with Gasteiger partial charge in [0.2, 0.25) is 0 Å². The molecule has 5 nitrogen and oxygen atoms in total. The molecule has 0 saturated carbocycles. The summed E-state index contributed by atoms with van der Waals surface area (Å²) in [6.45, 7) is 7.56. The van der Waals surface area contributed by atoms with Crippen LogP contribution in [0, 0.1) is 0 Å². The molecule has 0 aliphatic rings. The second kappa shape index (κ2) is 61.9. The van der Waals surface area contributed by atoms with Gasteiger partial charge in [-0.3, -0.25) is 9.59 Å². The van der Waals surface area contributed by atoms with Gasteiger partial charge in [-0.05, 0) is 96.3 Å². The smallest absolute Gasteiger partial charge is 0.306 e. The molecule has 0 fully saturated rings. The highest BCUT2D eigenvalue weighted by Crippen LogP contribution is 2.16. The van der Waals surface area contributed by atoms with Gasteiger partial charge in [0.05, 0.1) is 6.61 Å². The summed E-state index contributed by atoms with van der Waals surface area (Å²) in [6, 6.07) is 0. The minimum atomic E-state index is -0.578. The number of rotatable bonds is 55. The molecular formula is C67H114O5. The topological polar surface area (TPSA) is 61.8 Å². The number of hydrogen-bond donors (Lipinski definition) is 0. The summed E-state index contributed by atoms with van der Waals surface area (Å²) in [6.07, 6.45) is 85.6. The van der Waals surface area contributed by atoms with Crippen molar-refractivity contribution >= 4 is 11.9 Å². The Labute approximate surface area is 446 Å². The fourth-order valence-corrected chi connectivity index (χ4v) is 8.36. The van der Waals surface area contributed by atoms with Gasteiger partial charge in [-0.25, -0.2) is 0 Å². The zero-order valence-corrected chi connectivity index (χ0v) is 47.4. The van der Waals surface area contributed by atoms with Crippen molar-refractivity contribution < 1.29 is 23.8 Å². The molecule has 5 heteroatoms. The predicted octanol–water partition coefficient (Wildman–Crippen LogP) is 21.1. The Bertz CT molecular complexity index is 1410. The molecule has 0 radical (unpaired) electrons. The molecular weight excluding hydrogens is 885 g/mol. The SMILES string of the molecule is CC/C=C\C/C=C\C/C=C\C/C=C\C/C=C\CCCC(=O)OC(COCCCCCCCCCCCCCCCCCCCCCC)COC(=O)CCCCCCCC/C=C\C/C=C\C/C=C\C/C=C\CC. The van der Waals surface area contributed by atoms with Gasteiger partial charge in [-0.2, -0.15) is 0 Å². The van der Waals surface area contributed by atoms with E-state index in [1.807, 2.05) is 0 Å². The van der Waals surface area contributed by atoms with E-state index < -0.39 is 6.10 Å². The summed E-state index contributed by atoms with van der Waals surface area (Å²) in [5.41, 5.74) is 0. The van der Waals surface area contributed by atoms with E-state index in [0.29, 0.717) is 19.4 Å². The first-order chi connectivity index (χ1) is 35.6.